The maximum atomic E-state index is 13.0. The van der Waals surface area contributed by atoms with Crippen LogP contribution in [-0.2, 0) is 18.4 Å². The molecule has 4 rings (SSSR count). The van der Waals surface area contributed by atoms with Gasteiger partial charge in [0.05, 0.1) is 23.6 Å². The Bertz CT molecular complexity index is 740. The average molecular weight is 329 g/mol. The maximum Gasteiger partial charge on any atom is 0.225 e. The molecule has 1 saturated heterocycles. The van der Waals surface area contributed by atoms with E-state index in [9.17, 15) is 9.18 Å². The molecule has 6 nitrogen and oxygen atoms in total. The summed E-state index contributed by atoms with van der Waals surface area (Å²) in [4.78, 5) is 18.6. The molecule has 2 aromatic heterocycles. The molecule has 1 amide bonds. The Labute approximate surface area is 139 Å². The zero-order chi connectivity index (χ0) is 16.7. The van der Waals surface area contributed by atoms with Gasteiger partial charge in [-0.15, -0.1) is 0 Å². The lowest BCUT2D eigenvalue weighted by atomic mass is 10.1. The van der Waals surface area contributed by atoms with Crippen LogP contribution in [-0.4, -0.2) is 37.7 Å². The van der Waals surface area contributed by atoms with Gasteiger partial charge in [-0.2, -0.15) is 5.10 Å². The van der Waals surface area contributed by atoms with E-state index in [-0.39, 0.29) is 23.8 Å². The Morgan fingerprint density at radius 2 is 2.17 bits per heavy atom. The summed E-state index contributed by atoms with van der Waals surface area (Å²) >= 11 is 0. The molecule has 3 heterocycles. The highest BCUT2D eigenvalue weighted by Gasteiger charge is 2.47. The number of hydrogen-bond donors (Lipinski definition) is 1. The Morgan fingerprint density at radius 3 is 2.79 bits per heavy atom. The van der Waals surface area contributed by atoms with Crippen molar-refractivity contribution in [3.63, 3.8) is 0 Å². The lowest BCUT2D eigenvalue weighted by Gasteiger charge is -2.28. The van der Waals surface area contributed by atoms with E-state index in [0.717, 1.165) is 24.2 Å². The summed E-state index contributed by atoms with van der Waals surface area (Å²) in [6, 6.07) is 5.38. The van der Waals surface area contributed by atoms with Crippen LogP contribution in [0.25, 0.3) is 0 Å². The van der Waals surface area contributed by atoms with Gasteiger partial charge in [-0.1, -0.05) is 0 Å². The van der Waals surface area contributed by atoms with Gasteiger partial charge in [0.2, 0.25) is 5.91 Å². The molecule has 2 aromatic rings. The number of nitrogens with zero attached hydrogens (tertiary/aromatic N) is 4. The van der Waals surface area contributed by atoms with Crippen LogP contribution in [0.15, 0.2) is 30.6 Å². The summed E-state index contributed by atoms with van der Waals surface area (Å²) < 4.78 is 14.8. The molecule has 0 bridgehead atoms. The summed E-state index contributed by atoms with van der Waals surface area (Å²) in [5.74, 6) is -0.157. The second-order valence-corrected chi connectivity index (χ2v) is 6.52. The lowest BCUT2D eigenvalue weighted by molar-refractivity contribution is -0.129. The van der Waals surface area contributed by atoms with E-state index >= 15 is 0 Å². The van der Waals surface area contributed by atoms with E-state index in [2.05, 4.69) is 15.4 Å². The Hall–Kier alpha value is -2.28. The first-order chi connectivity index (χ1) is 11.6. The largest absolute Gasteiger partial charge is 0.329 e. The molecule has 0 spiro atoms. The van der Waals surface area contributed by atoms with Crippen LogP contribution in [0, 0.1) is 5.82 Å². The first kappa shape index (κ1) is 15.3. The number of nitrogens with one attached hydrogen (secondary N) is 1. The summed E-state index contributed by atoms with van der Waals surface area (Å²) in [5.41, 5.74) is 1.80. The van der Waals surface area contributed by atoms with Crippen molar-refractivity contribution in [3.8, 4) is 0 Å². The van der Waals surface area contributed by atoms with E-state index in [1.165, 1.54) is 12.3 Å². The fraction of sp³-hybridized carbons (Fsp3) is 0.471. The first-order valence-corrected chi connectivity index (χ1v) is 8.26. The molecule has 0 radical (unpaired) electrons. The highest BCUT2D eigenvalue weighted by molar-refractivity contribution is 5.81. The Kier molecular flexibility index (Phi) is 3.80. The van der Waals surface area contributed by atoms with Crippen molar-refractivity contribution >= 4 is 5.91 Å². The van der Waals surface area contributed by atoms with Crippen molar-refractivity contribution in [2.75, 3.05) is 0 Å². The number of aryl methyl sites for hydroxylation is 1. The van der Waals surface area contributed by atoms with Crippen LogP contribution in [0.1, 0.15) is 36.7 Å². The van der Waals surface area contributed by atoms with E-state index in [0.29, 0.717) is 19.0 Å². The van der Waals surface area contributed by atoms with Crippen LogP contribution in [0.2, 0.25) is 0 Å². The van der Waals surface area contributed by atoms with Gasteiger partial charge in [0.25, 0.3) is 0 Å². The van der Waals surface area contributed by atoms with E-state index < -0.39 is 0 Å². The number of aromatic nitrogens is 3. The zero-order valence-corrected chi connectivity index (χ0v) is 13.5. The molecule has 1 aliphatic carbocycles. The average Bonchev–Trinajstić information content (AvgIpc) is 3.23. The van der Waals surface area contributed by atoms with Gasteiger partial charge in [-0.05, 0) is 31.0 Å². The monoisotopic (exact) mass is 329 g/mol. The Morgan fingerprint density at radius 1 is 1.33 bits per heavy atom. The van der Waals surface area contributed by atoms with Crippen LogP contribution >= 0.6 is 0 Å². The van der Waals surface area contributed by atoms with Crippen molar-refractivity contribution in [2.45, 2.75) is 43.9 Å². The fourth-order valence-corrected chi connectivity index (χ4v) is 3.49. The minimum atomic E-state index is -0.345. The van der Waals surface area contributed by atoms with Crippen molar-refractivity contribution in [2.24, 2.45) is 7.05 Å². The quantitative estimate of drug-likeness (QED) is 0.904. The molecule has 2 fully saturated rings. The number of pyridine rings is 1. The predicted molar refractivity (Wildman–Crippen MR) is 85.3 cm³/mol. The molecule has 1 aliphatic heterocycles. The van der Waals surface area contributed by atoms with Gasteiger partial charge in [-0.25, -0.2) is 4.39 Å². The first-order valence-electron chi connectivity index (χ1n) is 8.26. The molecule has 7 heteroatoms. The fourth-order valence-electron chi connectivity index (χ4n) is 3.49. The molecule has 0 unspecified atom stereocenters. The van der Waals surface area contributed by atoms with Gasteiger partial charge in [-0.3, -0.25) is 14.5 Å². The molecule has 24 heavy (non-hydrogen) atoms. The molecule has 0 aromatic carbocycles. The topological polar surface area (TPSA) is 63.1 Å². The van der Waals surface area contributed by atoms with Crippen LogP contribution in [0.5, 0.6) is 0 Å². The third-order valence-electron chi connectivity index (χ3n) is 4.80. The minimum Gasteiger partial charge on any atom is -0.329 e. The third-order valence-corrected chi connectivity index (χ3v) is 4.80. The number of hydrogen-bond acceptors (Lipinski definition) is 4. The second kappa shape index (κ2) is 5.98. The molecule has 1 N–H and O–H groups in total. The van der Waals surface area contributed by atoms with Crippen LogP contribution < -0.4 is 5.32 Å². The normalized spacial score (nSPS) is 23.9. The molecular weight excluding hydrogens is 309 g/mol. The molecule has 2 aliphatic rings. The molecule has 1 saturated carbocycles. The van der Waals surface area contributed by atoms with Crippen molar-refractivity contribution < 1.29 is 9.18 Å². The van der Waals surface area contributed by atoms with Gasteiger partial charge < -0.3 is 10.2 Å². The Balaban J connectivity index is 1.55. The van der Waals surface area contributed by atoms with Gasteiger partial charge in [0.1, 0.15) is 5.82 Å². The highest BCUT2D eigenvalue weighted by Crippen LogP contribution is 2.41. The van der Waals surface area contributed by atoms with Crippen molar-refractivity contribution in [1.82, 2.24) is 25.0 Å². The van der Waals surface area contributed by atoms with Crippen molar-refractivity contribution in [1.29, 1.82) is 0 Å². The molecule has 126 valence electrons. The summed E-state index contributed by atoms with van der Waals surface area (Å²) in [6.07, 6.45) is 5.60. The maximum absolute atomic E-state index is 13.0. The van der Waals surface area contributed by atoms with Crippen LogP contribution in [0.4, 0.5) is 4.39 Å². The smallest absolute Gasteiger partial charge is 0.225 e. The minimum absolute atomic E-state index is 0.000327. The number of carbonyl (C=O) groups is 1. The van der Waals surface area contributed by atoms with Crippen molar-refractivity contribution in [3.05, 3.63) is 47.8 Å². The van der Waals surface area contributed by atoms with E-state index in [1.807, 2.05) is 22.7 Å². The highest BCUT2D eigenvalue weighted by atomic mass is 19.1. The zero-order valence-electron chi connectivity index (χ0n) is 13.5. The number of amides is 1. The van der Waals surface area contributed by atoms with Gasteiger partial charge in [0.15, 0.2) is 0 Å². The standard InChI is InChI=1S/C17H20FN5O/c1-22-15(6-7-21-22)17-14(8-16(24)23(17)13-4-5-13)20-10-12-3-2-11(18)9-19-12/h2-3,6-7,9,13-14,17,20H,4-5,8,10H2,1H3/t14-,17-/m1/s1. The van der Waals surface area contributed by atoms with E-state index in [1.54, 1.807) is 12.3 Å². The SMILES string of the molecule is Cn1nccc1[C@H]1[C@H](NCc2ccc(F)cn2)CC(=O)N1C1CC1. The predicted octanol–water partition coefficient (Wildman–Crippen LogP) is 1.55. The number of halogens is 1. The second-order valence-electron chi connectivity index (χ2n) is 6.52. The third kappa shape index (κ3) is 2.80. The number of carbonyl (C=O) groups excluding carboxylic acids is 1. The summed E-state index contributed by atoms with van der Waals surface area (Å²) in [6.45, 7) is 0.505. The van der Waals surface area contributed by atoms with Gasteiger partial charge >= 0.3 is 0 Å². The summed E-state index contributed by atoms with van der Waals surface area (Å²) in [5, 5.41) is 7.70. The lowest BCUT2D eigenvalue weighted by Crippen LogP contribution is -2.38. The van der Waals surface area contributed by atoms with Crippen LogP contribution in [0.3, 0.4) is 0 Å². The molecular formula is C17H20FN5O. The summed E-state index contributed by atoms with van der Waals surface area (Å²) in [7, 11) is 1.90. The number of rotatable bonds is 5. The van der Waals surface area contributed by atoms with E-state index in [4.69, 9.17) is 0 Å². The van der Waals surface area contributed by atoms with Gasteiger partial charge in [0, 0.05) is 38.3 Å². The molecule has 2 atom stereocenters. The number of likely N-dealkylation sites (tertiary alicyclic amines) is 1.